The summed E-state index contributed by atoms with van der Waals surface area (Å²) < 4.78 is 32.7. The molecule has 0 fully saturated rings. The number of aliphatic hydroxyl groups excluding tert-OH is 2. The summed E-state index contributed by atoms with van der Waals surface area (Å²) in [6, 6.07) is 0. The number of hydrogen-bond acceptors (Lipinski definition) is 9. The second-order valence-corrected chi connectivity index (χ2v) is 15.8. The number of hydrogen-bond donors (Lipinski definition) is 3. The number of aliphatic hydroxyl groups is 2. The first-order valence-corrected chi connectivity index (χ1v) is 23.4. The molecule has 3 atom stereocenters. The molecule has 0 aromatic rings. The number of unbranched alkanes of at least 4 members (excludes halogenated alkanes) is 14. The van der Waals surface area contributed by atoms with E-state index in [0.717, 1.165) is 57.8 Å². The van der Waals surface area contributed by atoms with Gasteiger partial charge in [-0.25, -0.2) is 4.57 Å². The molecule has 0 aliphatic heterocycles. The number of allylic oxidation sites excluding steroid dienone is 12. The maximum absolute atomic E-state index is 12.6. The first-order chi connectivity index (χ1) is 27.7. The highest BCUT2D eigenvalue weighted by Gasteiger charge is 2.27. The van der Waals surface area contributed by atoms with Gasteiger partial charge in [0.05, 0.1) is 19.8 Å². The van der Waals surface area contributed by atoms with E-state index in [1.165, 1.54) is 64.2 Å². The van der Waals surface area contributed by atoms with Crippen LogP contribution in [-0.2, 0) is 32.7 Å². The molecule has 0 amide bonds. The average Bonchev–Trinajstić information content (AvgIpc) is 3.20. The Bertz CT molecular complexity index is 1180. The molecule has 3 N–H and O–H groups in total. The largest absolute Gasteiger partial charge is 0.472 e. The van der Waals surface area contributed by atoms with Crippen LogP contribution in [0, 0.1) is 0 Å². The van der Waals surface area contributed by atoms with Crippen molar-refractivity contribution in [3.8, 4) is 0 Å². The van der Waals surface area contributed by atoms with Gasteiger partial charge < -0.3 is 24.6 Å². The fourth-order valence-electron chi connectivity index (χ4n) is 5.49. The van der Waals surface area contributed by atoms with Gasteiger partial charge in [-0.15, -0.1) is 0 Å². The first kappa shape index (κ1) is 54.4. The molecule has 0 aliphatic carbocycles. The van der Waals surface area contributed by atoms with Gasteiger partial charge in [-0.3, -0.25) is 18.6 Å². The van der Waals surface area contributed by atoms with Gasteiger partial charge in [0, 0.05) is 12.8 Å². The van der Waals surface area contributed by atoms with E-state index in [-0.39, 0.29) is 19.4 Å². The van der Waals surface area contributed by atoms with E-state index in [4.69, 9.17) is 19.1 Å². The van der Waals surface area contributed by atoms with Gasteiger partial charge in [-0.2, -0.15) is 0 Å². The third-order valence-corrected chi connectivity index (χ3v) is 9.80. The van der Waals surface area contributed by atoms with E-state index in [1.807, 2.05) is 12.2 Å². The van der Waals surface area contributed by atoms with Crippen molar-refractivity contribution in [2.75, 3.05) is 26.4 Å². The smallest absolute Gasteiger partial charge is 0.462 e. The van der Waals surface area contributed by atoms with E-state index in [1.54, 1.807) is 0 Å². The van der Waals surface area contributed by atoms with Crippen LogP contribution in [0.2, 0.25) is 0 Å². The van der Waals surface area contributed by atoms with Crippen molar-refractivity contribution < 1.29 is 47.8 Å². The highest BCUT2D eigenvalue weighted by molar-refractivity contribution is 7.47. The molecule has 0 radical (unpaired) electrons. The second kappa shape index (κ2) is 41.6. The van der Waals surface area contributed by atoms with Crippen LogP contribution in [0.1, 0.15) is 168 Å². The van der Waals surface area contributed by atoms with Crippen LogP contribution < -0.4 is 0 Å². The Hall–Kier alpha value is -2.59. The molecule has 1 unspecified atom stereocenters. The fraction of sp³-hybridized carbons (Fsp3) is 0.696. The molecule has 0 saturated carbocycles. The van der Waals surface area contributed by atoms with Crippen LogP contribution in [0.5, 0.6) is 0 Å². The number of carbonyl (C=O) groups excluding carboxylic acids is 2. The van der Waals surface area contributed by atoms with Gasteiger partial charge >= 0.3 is 19.8 Å². The summed E-state index contributed by atoms with van der Waals surface area (Å²) in [5, 5.41) is 18.3. The summed E-state index contributed by atoms with van der Waals surface area (Å²) >= 11 is 0. The zero-order chi connectivity index (χ0) is 41.9. The third kappa shape index (κ3) is 41.4. The summed E-state index contributed by atoms with van der Waals surface area (Å²) in [5.41, 5.74) is 0. The number of esters is 2. The van der Waals surface area contributed by atoms with Crippen molar-refractivity contribution in [3.05, 3.63) is 72.9 Å². The topological polar surface area (TPSA) is 149 Å². The summed E-state index contributed by atoms with van der Waals surface area (Å²) in [5.74, 6) is -1.00. The zero-order valence-corrected chi connectivity index (χ0v) is 36.4. The van der Waals surface area contributed by atoms with Crippen molar-refractivity contribution in [1.82, 2.24) is 0 Å². The van der Waals surface area contributed by atoms with Crippen LogP contribution in [0.15, 0.2) is 72.9 Å². The van der Waals surface area contributed by atoms with Crippen LogP contribution in [0.4, 0.5) is 0 Å². The number of carbonyl (C=O) groups is 2. The summed E-state index contributed by atoms with van der Waals surface area (Å²) in [7, 11) is -4.64. The van der Waals surface area contributed by atoms with E-state index >= 15 is 0 Å². The van der Waals surface area contributed by atoms with Gasteiger partial charge in [0.15, 0.2) is 6.10 Å². The highest BCUT2D eigenvalue weighted by Crippen LogP contribution is 2.43. The normalized spacial score (nSPS) is 14.5. The SMILES string of the molecule is CC/C=C/C/C=C/C/C=C/C/C=C/C/C=C/CCCC(=O)O[C@H](COC(=O)CCCCCCCCC/C=C/CCCCCCCC)COP(=O)(O)OC[C@@H](O)CO. The molecule has 0 rings (SSSR count). The fourth-order valence-corrected chi connectivity index (χ4v) is 6.28. The van der Waals surface area contributed by atoms with E-state index < -0.39 is 51.8 Å². The Morgan fingerprint density at radius 2 is 0.982 bits per heavy atom. The Morgan fingerprint density at radius 3 is 1.53 bits per heavy atom. The van der Waals surface area contributed by atoms with Crippen molar-refractivity contribution >= 4 is 19.8 Å². The van der Waals surface area contributed by atoms with Crippen molar-refractivity contribution in [2.45, 2.75) is 180 Å². The average molecular weight is 823 g/mol. The maximum Gasteiger partial charge on any atom is 0.472 e. The van der Waals surface area contributed by atoms with Gasteiger partial charge in [0.25, 0.3) is 0 Å². The number of phosphoric acid groups is 1. The van der Waals surface area contributed by atoms with E-state index in [9.17, 15) is 24.2 Å². The molecule has 0 aromatic heterocycles. The minimum atomic E-state index is -4.64. The van der Waals surface area contributed by atoms with Gasteiger partial charge in [-0.05, 0) is 77.0 Å². The van der Waals surface area contributed by atoms with Crippen LogP contribution in [0.25, 0.3) is 0 Å². The molecule has 10 nitrogen and oxygen atoms in total. The lowest BCUT2D eigenvalue weighted by Crippen LogP contribution is -2.29. The molecule has 0 aromatic carbocycles. The number of ether oxygens (including phenoxy) is 2. The van der Waals surface area contributed by atoms with Crippen molar-refractivity contribution in [2.24, 2.45) is 0 Å². The lowest BCUT2D eigenvalue weighted by Gasteiger charge is -2.20. The molecule has 0 heterocycles. The van der Waals surface area contributed by atoms with Gasteiger partial charge in [0.1, 0.15) is 12.7 Å². The highest BCUT2D eigenvalue weighted by atomic mass is 31.2. The van der Waals surface area contributed by atoms with Crippen LogP contribution in [-0.4, -0.2) is 65.7 Å². The lowest BCUT2D eigenvalue weighted by atomic mass is 10.1. The molecule has 0 aliphatic rings. The zero-order valence-electron chi connectivity index (χ0n) is 35.5. The quantitative estimate of drug-likeness (QED) is 0.0236. The molecular weight excluding hydrogens is 743 g/mol. The number of rotatable bonds is 40. The van der Waals surface area contributed by atoms with Crippen LogP contribution in [0.3, 0.4) is 0 Å². The minimum absolute atomic E-state index is 0.102. The molecular formula is C46H79O10P. The van der Waals surface area contributed by atoms with E-state index in [2.05, 4.69) is 79.1 Å². The Kier molecular flexibility index (Phi) is 39.7. The molecule has 0 saturated heterocycles. The minimum Gasteiger partial charge on any atom is -0.462 e. The predicted molar refractivity (Wildman–Crippen MR) is 233 cm³/mol. The first-order valence-electron chi connectivity index (χ1n) is 21.9. The molecule has 0 spiro atoms. The summed E-state index contributed by atoms with van der Waals surface area (Å²) in [6.07, 6.45) is 47.3. The standard InChI is InChI=1S/C46H79O10P/c1-3-5-7-9-11-13-15-17-19-21-23-25-27-29-31-33-35-37-45(49)53-41-44(42-55-57(51,52)54-40-43(48)39-47)56-46(50)38-36-34-32-30-28-26-24-22-20-18-16-14-12-10-8-6-4-2/h6,8,12,14,17-20,24,26,30,32,43-44,47-48H,3-5,7,9-11,13,15-16,21-23,25,27-29,31,33-42H2,1-2H3,(H,51,52)/b8-6+,14-12+,19-17+,20-18+,26-24+,32-30+/t43-,44+/m0/s1. The molecule has 328 valence electrons. The monoisotopic (exact) mass is 823 g/mol. The molecule has 11 heteroatoms. The lowest BCUT2D eigenvalue weighted by molar-refractivity contribution is -0.161. The van der Waals surface area contributed by atoms with Crippen LogP contribution >= 0.6 is 7.82 Å². The Labute approximate surface area is 346 Å². The third-order valence-electron chi connectivity index (χ3n) is 8.84. The second-order valence-electron chi connectivity index (χ2n) is 14.3. The molecule has 57 heavy (non-hydrogen) atoms. The van der Waals surface area contributed by atoms with Gasteiger partial charge in [-0.1, -0.05) is 151 Å². The maximum atomic E-state index is 12.6. The predicted octanol–water partition coefficient (Wildman–Crippen LogP) is 11.7. The van der Waals surface area contributed by atoms with Gasteiger partial charge in [0.2, 0.25) is 0 Å². The Morgan fingerprint density at radius 1 is 0.544 bits per heavy atom. The van der Waals surface area contributed by atoms with E-state index in [0.29, 0.717) is 19.3 Å². The summed E-state index contributed by atoms with van der Waals surface area (Å²) in [4.78, 5) is 35.0. The van der Waals surface area contributed by atoms with Crippen molar-refractivity contribution in [3.63, 3.8) is 0 Å². The Balaban J connectivity index is 4.40. The van der Waals surface area contributed by atoms with Crippen molar-refractivity contribution in [1.29, 1.82) is 0 Å². The molecule has 0 bridgehead atoms. The number of phosphoric ester groups is 1. The summed E-state index contributed by atoms with van der Waals surface area (Å²) in [6.45, 7) is 2.18.